The standard InChI is InChI=1S/C22H21O5.ClHO4/c1-12-6-13-7-17(23-2)20(26-5)10-16(13)22-21(12)15-9-19(25-4)18(24-3)8-14(15)11-27-22;2-1(3,4)5/h6-11H,1-5H3;(H,2,3,4,5)/q+1;/p-1. The van der Waals surface area contributed by atoms with Crippen molar-refractivity contribution in [2.45, 2.75) is 6.92 Å². The molecule has 0 fully saturated rings. The molecule has 0 unspecified atom stereocenters. The number of hydrogen-bond donors (Lipinski definition) is 0. The Bertz CT molecular complexity index is 1280. The lowest BCUT2D eigenvalue weighted by atomic mass is 9.98. The van der Waals surface area contributed by atoms with Crippen LogP contribution in [0.4, 0.5) is 0 Å². The van der Waals surface area contributed by atoms with Crippen molar-refractivity contribution in [1.29, 1.82) is 0 Å². The van der Waals surface area contributed by atoms with E-state index >= 15 is 0 Å². The van der Waals surface area contributed by atoms with Gasteiger partial charge in [-0.15, -0.1) is 10.2 Å². The first-order valence-corrected chi connectivity index (χ1v) is 10.4. The number of methoxy groups -OCH3 is 4. The molecule has 32 heavy (non-hydrogen) atoms. The molecule has 170 valence electrons. The molecule has 0 aliphatic heterocycles. The van der Waals surface area contributed by atoms with Crippen molar-refractivity contribution >= 4 is 32.5 Å². The largest absolute Gasteiger partial charge is 0.493 e. The lowest BCUT2D eigenvalue weighted by molar-refractivity contribution is -2.00. The van der Waals surface area contributed by atoms with E-state index in [1.165, 1.54) is 0 Å². The number of rotatable bonds is 4. The molecule has 0 bridgehead atoms. The highest BCUT2D eigenvalue weighted by Gasteiger charge is 2.22. The molecule has 1 heterocycles. The third-order valence-electron chi connectivity index (χ3n) is 4.92. The van der Waals surface area contributed by atoms with Gasteiger partial charge in [0.15, 0.2) is 23.0 Å². The van der Waals surface area contributed by atoms with Gasteiger partial charge >= 0.3 is 11.8 Å². The molecule has 0 saturated heterocycles. The first kappa shape index (κ1) is 23.6. The average molecular weight is 465 g/mol. The van der Waals surface area contributed by atoms with Crippen LogP contribution >= 0.6 is 0 Å². The molecule has 0 atom stereocenters. The predicted octanol–water partition coefficient (Wildman–Crippen LogP) is 0.607. The second-order valence-electron chi connectivity index (χ2n) is 6.73. The fraction of sp³-hybridized carbons (Fsp3) is 0.227. The second-order valence-corrected chi connectivity index (χ2v) is 7.49. The van der Waals surface area contributed by atoms with Gasteiger partial charge in [0.25, 0.3) is 0 Å². The van der Waals surface area contributed by atoms with Gasteiger partial charge in [-0.2, -0.15) is 0 Å². The summed E-state index contributed by atoms with van der Waals surface area (Å²) in [6.45, 7) is 2.07. The number of benzene rings is 3. The minimum absolute atomic E-state index is 0.665. The van der Waals surface area contributed by atoms with Crippen LogP contribution in [0.5, 0.6) is 23.0 Å². The lowest BCUT2D eigenvalue weighted by Gasteiger charge is -2.17. The van der Waals surface area contributed by atoms with Crippen molar-refractivity contribution < 1.29 is 52.2 Å². The first-order chi connectivity index (χ1) is 15.1. The Kier molecular flexibility index (Phi) is 6.77. The maximum absolute atomic E-state index is 8.49. The zero-order valence-electron chi connectivity index (χ0n) is 18.0. The van der Waals surface area contributed by atoms with E-state index in [2.05, 4.69) is 13.0 Å². The van der Waals surface area contributed by atoms with Crippen molar-refractivity contribution in [3.8, 4) is 23.0 Å². The Labute approximate surface area is 185 Å². The molecule has 9 nitrogen and oxygen atoms in total. The third kappa shape index (κ3) is 4.72. The van der Waals surface area contributed by atoms with Crippen LogP contribution in [0.3, 0.4) is 0 Å². The molecule has 10 heteroatoms. The molecule has 1 aromatic heterocycles. The molecule has 0 radical (unpaired) electrons. The number of halogens is 1. The van der Waals surface area contributed by atoms with E-state index in [0.717, 1.165) is 38.1 Å². The van der Waals surface area contributed by atoms with Crippen LogP contribution in [0.1, 0.15) is 5.56 Å². The maximum Gasteiger partial charge on any atom is 0.368 e. The van der Waals surface area contributed by atoms with Gasteiger partial charge in [-0.25, -0.2) is 23.1 Å². The highest BCUT2D eigenvalue weighted by molar-refractivity contribution is 6.16. The van der Waals surface area contributed by atoms with Crippen LogP contribution in [0.2, 0.25) is 0 Å². The quantitative estimate of drug-likeness (QED) is 0.313. The normalized spacial score (nSPS) is 11.3. The van der Waals surface area contributed by atoms with Crippen molar-refractivity contribution in [1.82, 2.24) is 0 Å². The van der Waals surface area contributed by atoms with Crippen LogP contribution in [0.25, 0.3) is 32.5 Å². The first-order valence-electron chi connectivity index (χ1n) is 9.18. The number of fused-ring (bicyclic) bond motifs is 5. The van der Waals surface area contributed by atoms with Gasteiger partial charge in [0.1, 0.15) is 0 Å². The van der Waals surface area contributed by atoms with Gasteiger partial charge in [0.2, 0.25) is 0 Å². The number of ether oxygens (including phenoxy) is 4. The molecule has 0 aliphatic rings. The zero-order chi connectivity index (χ0) is 23.6. The van der Waals surface area contributed by atoms with Gasteiger partial charge in [-0.05, 0) is 36.1 Å². The summed E-state index contributed by atoms with van der Waals surface area (Å²) in [6.07, 6.45) is 1.75. The summed E-state index contributed by atoms with van der Waals surface area (Å²) in [4.78, 5) is 0. The van der Waals surface area contributed by atoms with Crippen LogP contribution < -0.4 is 37.6 Å². The van der Waals surface area contributed by atoms with Crippen molar-refractivity contribution in [2.24, 2.45) is 0 Å². The SMILES string of the molecule is COc1cc2cc(C)c3c4cc(OC)c(OC)cc4c[o+]c3c2cc1OC.[O-][Cl+3]([O-])([O-])[O-]. The van der Waals surface area contributed by atoms with Crippen LogP contribution in [0, 0.1) is 17.2 Å². The van der Waals surface area contributed by atoms with E-state index in [4.69, 9.17) is 42.0 Å². The van der Waals surface area contributed by atoms with Crippen LogP contribution in [-0.4, -0.2) is 28.4 Å². The summed E-state index contributed by atoms with van der Waals surface area (Å²) in [5.41, 5.74) is 1.90. The fourth-order valence-electron chi connectivity index (χ4n) is 3.62. The molecule has 3 aromatic carbocycles. The summed E-state index contributed by atoms with van der Waals surface area (Å²) in [7, 11) is 1.58. The topological polar surface area (TPSA) is 140 Å². The molecule has 4 rings (SSSR count). The summed E-state index contributed by atoms with van der Waals surface area (Å²) in [6, 6.07) is 9.97. The van der Waals surface area contributed by atoms with Crippen molar-refractivity contribution in [3.63, 3.8) is 0 Å². The Morgan fingerprint density at radius 1 is 0.656 bits per heavy atom. The minimum Gasteiger partial charge on any atom is -0.493 e. The fourth-order valence-corrected chi connectivity index (χ4v) is 3.62. The van der Waals surface area contributed by atoms with Gasteiger partial charge in [0.05, 0.1) is 44.6 Å². The average Bonchev–Trinajstić information content (AvgIpc) is 2.75. The monoisotopic (exact) mass is 464 g/mol. The van der Waals surface area contributed by atoms with E-state index in [9.17, 15) is 0 Å². The summed E-state index contributed by atoms with van der Waals surface area (Å²) < 4.78 is 61.9. The van der Waals surface area contributed by atoms with Crippen molar-refractivity contribution in [3.05, 3.63) is 42.2 Å². The Balaban J connectivity index is 0.000000523. The van der Waals surface area contributed by atoms with Gasteiger partial charge in [-0.1, -0.05) is 0 Å². The molecular weight excluding hydrogens is 444 g/mol. The molecular formula is C22H21ClO9. The summed E-state index contributed by atoms with van der Waals surface area (Å²) >= 11 is 0. The van der Waals surface area contributed by atoms with E-state index in [1.54, 1.807) is 34.7 Å². The van der Waals surface area contributed by atoms with E-state index in [0.29, 0.717) is 23.0 Å². The maximum atomic E-state index is 8.49. The molecule has 4 aromatic rings. The molecule has 0 spiro atoms. The summed E-state index contributed by atoms with van der Waals surface area (Å²) in [5, 5.41) is 5.02. The minimum atomic E-state index is -4.94. The van der Waals surface area contributed by atoms with Crippen LogP contribution in [0.15, 0.2) is 41.0 Å². The molecule has 0 aliphatic carbocycles. The van der Waals surface area contributed by atoms with Crippen molar-refractivity contribution in [2.75, 3.05) is 28.4 Å². The van der Waals surface area contributed by atoms with Crippen LogP contribution in [-0.2, 0) is 0 Å². The highest BCUT2D eigenvalue weighted by atomic mass is 35.7. The Morgan fingerprint density at radius 3 is 1.59 bits per heavy atom. The van der Waals surface area contributed by atoms with Gasteiger partial charge < -0.3 is 18.9 Å². The number of hydrogen-bond acceptors (Lipinski definition) is 8. The van der Waals surface area contributed by atoms with Gasteiger partial charge in [-0.3, -0.25) is 0 Å². The van der Waals surface area contributed by atoms with Gasteiger partial charge in [0, 0.05) is 17.5 Å². The Morgan fingerprint density at radius 2 is 1.09 bits per heavy atom. The molecule has 0 saturated carbocycles. The zero-order valence-corrected chi connectivity index (χ0v) is 18.8. The Hall–Kier alpha value is -3.08. The second kappa shape index (κ2) is 9.19. The third-order valence-corrected chi connectivity index (χ3v) is 4.92. The van der Waals surface area contributed by atoms with E-state index in [1.807, 2.05) is 24.3 Å². The molecule has 0 N–H and O–H groups in total. The van der Waals surface area contributed by atoms with E-state index in [-0.39, 0.29) is 0 Å². The number of aryl methyl sites for hydroxylation is 1. The lowest BCUT2D eigenvalue weighted by Crippen LogP contribution is -2.68. The predicted molar refractivity (Wildman–Crippen MR) is 107 cm³/mol. The highest BCUT2D eigenvalue weighted by Crippen LogP contribution is 2.41. The molecule has 0 amide bonds. The smallest absolute Gasteiger partial charge is 0.368 e. The van der Waals surface area contributed by atoms with E-state index < -0.39 is 10.2 Å². The summed E-state index contributed by atoms with van der Waals surface area (Å²) in [5.74, 6) is 2.71.